The number of rotatable bonds is 9. The standard InChI is InChI=1S/C27H34O14/c1-11-20(33)22(35)24(37)26(38-11)41-25-23(36)21(34)18(10-28)40-27(25)39-14-8-16(31)19(17(32)9-14)15(30)7-4-12-2-5-13(29)6-3-12/h2-3,5-6,8-9,11,18,20-29,31-37H,4,7,10H2,1H3/t11-,18+,20-,21+,22+,23-,24+,25+,26-,27-/m0/s1. The van der Waals surface area contributed by atoms with Gasteiger partial charge in [-0.2, -0.15) is 0 Å². The molecular formula is C27H34O14. The van der Waals surface area contributed by atoms with Crippen LogP contribution in [0.2, 0.25) is 0 Å². The average Bonchev–Trinajstić information content (AvgIpc) is 2.93. The van der Waals surface area contributed by atoms with Crippen LogP contribution in [0.5, 0.6) is 23.0 Å². The molecule has 0 spiro atoms. The first-order chi connectivity index (χ1) is 19.4. The van der Waals surface area contributed by atoms with Crippen molar-refractivity contribution in [1.82, 2.24) is 0 Å². The van der Waals surface area contributed by atoms with E-state index >= 15 is 0 Å². The summed E-state index contributed by atoms with van der Waals surface area (Å²) in [5.41, 5.74) is 0.385. The number of phenolic OH excluding ortho intramolecular Hbond substituents is 3. The van der Waals surface area contributed by atoms with Crippen LogP contribution in [-0.2, 0) is 20.6 Å². The Balaban J connectivity index is 1.52. The molecule has 0 radical (unpaired) electrons. The predicted molar refractivity (Wildman–Crippen MR) is 136 cm³/mol. The largest absolute Gasteiger partial charge is 0.508 e. The van der Waals surface area contributed by atoms with Crippen LogP contribution in [0, 0.1) is 0 Å². The molecule has 2 heterocycles. The van der Waals surface area contributed by atoms with Gasteiger partial charge in [-0.3, -0.25) is 4.79 Å². The molecule has 2 aromatic rings. The lowest BCUT2D eigenvalue weighted by Crippen LogP contribution is -2.64. The number of ketones is 1. The van der Waals surface area contributed by atoms with Crippen molar-refractivity contribution in [3.8, 4) is 23.0 Å². The highest BCUT2D eigenvalue weighted by atomic mass is 16.8. The second-order valence-corrected chi connectivity index (χ2v) is 10.0. The molecule has 2 saturated heterocycles. The van der Waals surface area contributed by atoms with Gasteiger partial charge in [-0.15, -0.1) is 0 Å². The number of hydrogen-bond acceptors (Lipinski definition) is 14. The number of carbonyl (C=O) groups excluding carboxylic acids is 1. The van der Waals surface area contributed by atoms with Crippen LogP contribution in [0.25, 0.3) is 0 Å². The number of phenols is 3. The number of benzene rings is 2. The zero-order valence-corrected chi connectivity index (χ0v) is 21.9. The van der Waals surface area contributed by atoms with Gasteiger partial charge in [0.25, 0.3) is 0 Å². The molecule has 9 N–H and O–H groups in total. The number of ether oxygens (including phenoxy) is 4. The van der Waals surface area contributed by atoms with Gasteiger partial charge in [0.05, 0.1) is 12.7 Å². The molecule has 2 aliphatic heterocycles. The Morgan fingerprint density at radius 3 is 2.07 bits per heavy atom. The maximum absolute atomic E-state index is 12.7. The highest BCUT2D eigenvalue weighted by Crippen LogP contribution is 2.36. The lowest BCUT2D eigenvalue weighted by molar-refractivity contribution is -0.354. The topological polar surface area (TPSA) is 236 Å². The molecule has 0 unspecified atom stereocenters. The highest BCUT2D eigenvalue weighted by molar-refractivity contribution is 6.01. The van der Waals surface area contributed by atoms with Crippen molar-refractivity contribution < 1.29 is 69.7 Å². The molecule has 0 aliphatic carbocycles. The van der Waals surface area contributed by atoms with Gasteiger partial charge in [-0.05, 0) is 31.0 Å². The minimum absolute atomic E-state index is 0.0706. The van der Waals surface area contributed by atoms with Crippen molar-refractivity contribution in [2.45, 2.75) is 81.2 Å². The molecule has 0 bridgehead atoms. The van der Waals surface area contributed by atoms with Gasteiger partial charge in [-0.25, -0.2) is 0 Å². The summed E-state index contributed by atoms with van der Waals surface area (Å²) in [4.78, 5) is 12.7. The summed E-state index contributed by atoms with van der Waals surface area (Å²) < 4.78 is 22.2. The zero-order chi connectivity index (χ0) is 30.0. The quantitative estimate of drug-likeness (QED) is 0.156. The van der Waals surface area contributed by atoms with E-state index in [-0.39, 0.29) is 29.9 Å². The van der Waals surface area contributed by atoms with Crippen LogP contribution >= 0.6 is 0 Å². The fraction of sp³-hybridized carbons (Fsp3) is 0.519. The third-order valence-corrected chi connectivity index (χ3v) is 7.10. The van der Waals surface area contributed by atoms with Crippen LogP contribution in [0.4, 0.5) is 0 Å². The third kappa shape index (κ3) is 6.72. The second kappa shape index (κ2) is 12.9. The van der Waals surface area contributed by atoms with E-state index in [2.05, 4.69) is 0 Å². The fourth-order valence-corrected chi connectivity index (χ4v) is 4.70. The summed E-state index contributed by atoms with van der Waals surface area (Å²) in [6, 6.07) is 8.22. The van der Waals surface area contributed by atoms with Gasteiger partial charge in [0, 0.05) is 18.6 Å². The third-order valence-electron chi connectivity index (χ3n) is 7.10. The minimum Gasteiger partial charge on any atom is -0.508 e. The van der Waals surface area contributed by atoms with E-state index in [0.717, 1.165) is 17.7 Å². The van der Waals surface area contributed by atoms with Crippen LogP contribution in [0.15, 0.2) is 36.4 Å². The lowest BCUT2D eigenvalue weighted by atomic mass is 9.97. The van der Waals surface area contributed by atoms with Gasteiger partial charge in [0.1, 0.15) is 65.2 Å². The minimum atomic E-state index is -1.77. The van der Waals surface area contributed by atoms with E-state index in [0.29, 0.717) is 0 Å². The number of aryl methyl sites for hydroxylation is 1. The number of aromatic hydroxyl groups is 3. The van der Waals surface area contributed by atoms with Gasteiger partial charge in [-0.1, -0.05) is 12.1 Å². The smallest absolute Gasteiger partial charge is 0.229 e. The Morgan fingerprint density at radius 2 is 1.46 bits per heavy atom. The van der Waals surface area contributed by atoms with Crippen molar-refractivity contribution in [3.63, 3.8) is 0 Å². The number of aliphatic hydroxyl groups is 6. The van der Waals surface area contributed by atoms with Gasteiger partial charge >= 0.3 is 0 Å². The number of aliphatic hydroxyl groups excluding tert-OH is 6. The zero-order valence-electron chi connectivity index (χ0n) is 21.9. The highest BCUT2D eigenvalue weighted by Gasteiger charge is 2.51. The van der Waals surface area contributed by atoms with E-state index in [1.165, 1.54) is 19.1 Å². The maximum Gasteiger partial charge on any atom is 0.229 e. The lowest BCUT2D eigenvalue weighted by Gasteiger charge is -2.45. The number of hydrogen-bond donors (Lipinski definition) is 9. The molecule has 14 nitrogen and oxygen atoms in total. The second-order valence-electron chi connectivity index (χ2n) is 10.0. The average molecular weight is 583 g/mol. The van der Waals surface area contributed by atoms with E-state index in [4.69, 9.17) is 18.9 Å². The summed E-state index contributed by atoms with van der Waals surface area (Å²) in [6.07, 6.45) is -15.3. The molecule has 14 heteroatoms. The molecule has 0 aromatic heterocycles. The monoisotopic (exact) mass is 582 g/mol. The van der Waals surface area contributed by atoms with Crippen LogP contribution in [-0.4, -0.2) is 120 Å². The summed E-state index contributed by atoms with van der Waals surface area (Å²) in [6.45, 7) is 0.675. The summed E-state index contributed by atoms with van der Waals surface area (Å²) in [7, 11) is 0. The van der Waals surface area contributed by atoms with Crippen molar-refractivity contribution in [3.05, 3.63) is 47.5 Å². The van der Waals surface area contributed by atoms with Crippen LogP contribution in [0.3, 0.4) is 0 Å². The molecule has 2 aliphatic rings. The van der Waals surface area contributed by atoms with Gasteiger partial charge in [0.2, 0.25) is 6.29 Å². The Bertz CT molecular complexity index is 1170. The van der Waals surface area contributed by atoms with E-state index in [1.54, 1.807) is 12.1 Å². The van der Waals surface area contributed by atoms with E-state index in [9.17, 15) is 50.8 Å². The molecule has 0 amide bonds. The Morgan fingerprint density at radius 1 is 0.829 bits per heavy atom. The van der Waals surface area contributed by atoms with Crippen molar-refractivity contribution in [2.24, 2.45) is 0 Å². The van der Waals surface area contributed by atoms with Crippen molar-refractivity contribution in [2.75, 3.05) is 6.61 Å². The van der Waals surface area contributed by atoms with Gasteiger partial charge in [0.15, 0.2) is 18.2 Å². The molecule has 10 atom stereocenters. The molecule has 41 heavy (non-hydrogen) atoms. The van der Waals surface area contributed by atoms with Crippen molar-refractivity contribution >= 4 is 5.78 Å². The number of carbonyl (C=O) groups is 1. The fourth-order valence-electron chi connectivity index (χ4n) is 4.70. The first-order valence-electron chi connectivity index (χ1n) is 12.9. The number of Topliss-reactive ketones (excluding diaryl/α,β-unsaturated/α-hetero) is 1. The summed E-state index contributed by atoms with van der Waals surface area (Å²) >= 11 is 0. The molecular weight excluding hydrogens is 548 g/mol. The molecule has 4 rings (SSSR count). The van der Waals surface area contributed by atoms with Gasteiger partial charge < -0.3 is 64.9 Å². The molecule has 0 saturated carbocycles. The molecule has 2 fully saturated rings. The molecule has 226 valence electrons. The van der Waals surface area contributed by atoms with E-state index < -0.39 is 85.3 Å². The van der Waals surface area contributed by atoms with E-state index in [1.807, 2.05) is 0 Å². The maximum atomic E-state index is 12.7. The van der Waals surface area contributed by atoms with Crippen LogP contribution < -0.4 is 4.74 Å². The first-order valence-corrected chi connectivity index (χ1v) is 12.9. The van der Waals surface area contributed by atoms with Crippen LogP contribution in [0.1, 0.15) is 29.3 Å². The Labute approximate surface area is 234 Å². The van der Waals surface area contributed by atoms with Crippen molar-refractivity contribution in [1.29, 1.82) is 0 Å². The first kappa shape index (κ1) is 30.9. The predicted octanol–water partition coefficient (Wildman–Crippen LogP) is -1.35. The summed E-state index contributed by atoms with van der Waals surface area (Å²) in [5, 5.41) is 91.5. The summed E-state index contributed by atoms with van der Waals surface area (Å²) in [5.74, 6) is -2.00. The SMILES string of the molecule is C[C@@H]1O[C@@H](O[C@H]2[C@@H](Oc3cc(O)c(C(=O)CCc4ccc(O)cc4)c(O)c3)O[C@H](CO)[C@@H](O)[C@@H]2O)[C@H](O)[C@H](O)[C@H]1O. The molecule has 2 aromatic carbocycles. The normalized spacial score (nSPS) is 33.8. The Hall–Kier alpha value is -3.05. The Kier molecular flexibility index (Phi) is 9.69.